The van der Waals surface area contributed by atoms with Crippen LogP contribution in [-0.4, -0.2) is 25.1 Å². The Bertz CT molecular complexity index is 605. The Balaban J connectivity index is 2.44. The van der Waals surface area contributed by atoms with E-state index in [1.54, 1.807) is 42.5 Å². The van der Waals surface area contributed by atoms with Crippen LogP contribution >= 0.6 is 0 Å². The summed E-state index contributed by atoms with van der Waals surface area (Å²) in [7, 11) is 2.97. The van der Waals surface area contributed by atoms with Crippen LogP contribution < -0.4 is 9.47 Å². The Hall–Kier alpha value is -2.49. The molecule has 0 aromatic heterocycles. The van der Waals surface area contributed by atoms with Gasteiger partial charge in [0.05, 0.1) is 19.8 Å². The van der Waals surface area contributed by atoms with Crippen molar-refractivity contribution in [3.05, 3.63) is 53.6 Å². The summed E-state index contributed by atoms with van der Waals surface area (Å²) in [6.07, 6.45) is 0. The minimum absolute atomic E-state index is 0.155. The first kappa shape index (κ1) is 13.0. The topological polar surface area (TPSA) is 55.8 Å². The summed E-state index contributed by atoms with van der Waals surface area (Å²) in [4.78, 5) is 12.3. The lowest BCUT2D eigenvalue weighted by atomic mass is 10.0. The molecular formula is C15H14O4. The molecule has 4 heteroatoms. The average Bonchev–Trinajstić information content (AvgIpc) is 2.47. The Morgan fingerprint density at radius 3 is 2.47 bits per heavy atom. The van der Waals surface area contributed by atoms with Crippen LogP contribution in [0.3, 0.4) is 0 Å². The summed E-state index contributed by atoms with van der Waals surface area (Å²) >= 11 is 0. The molecular weight excluding hydrogens is 244 g/mol. The minimum atomic E-state index is -0.282. The lowest BCUT2D eigenvalue weighted by Gasteiger charge is -2.08. The predicted molar refractivity (Wildman–Crippen MR) is 71.1 cm³/mol. The van der Waals surface area contributed by atoms with Crippen LogP contribution in [0.2, 0.25) is 0 Å². The van der Waals surface area contributed by atoms with Crippen molar-refractivity contribution in [2.24, 2.45) is 0 Å². The van der Waals surface area contributed by atoms with Gasteiger partial charge in [-0.3, -0.25) is 4.79 Å². The molecule has 0 bridgehead atoms. The number of ether oxygens (including phenoxy) is 2. The second-order valence-electron chi connectivity index (χ2n) is 3.92. The smallest absolute Gasteiger partial charge is 0.197 e. The van der Waals surface area contributed by atoms with Gasteiger partial charge >= 0.3 is 0 Å². The van der Waals surface area contributed by atoms with Gasteiger partial charge in [-0.2, -0.15) is 0 Å². The molecule has 98 valence electrons. The van der Waals surface area contributed by atoms with Gasteiger partial charge in [0.1, 0.15) is 5.75 Å². The van der Waals surface area contributed by atoms with Gasteiger partial charge in [-0.05, 0) is 24.3 Å². The molecule has 0 aliphatic carbocycles. The van der Waals surface area contributed by atoms with Gasteiger partial charge in [-0.1, -0.05) is 18.2 Å². The van der Waals surface area contributed by atoms with Crippen molar-refractivity contribution >= 4 is 5.78 Å². The third-order valence-electron chi connectivity index (χ3n) is 2.80. The summed E-state index contributed by atoms with van der Waals surface area (Å²) in [5.41, 5.74) is 0.649. The number of phenols is 1. The van der Waals surface area contributed by atoms with Gasteiger partial charge in [-0.25, -0.2) is 0 Å². The van der Waals surface area contributed by atoms with Crippen molar-refractivity contribution in [2.75, 3.05) is 14.2 Å². The molecule has 0 aliphatic rings. The highest BCUT2D eigenvalue weighted by atomic mass is 16.5. The van der Waals surface area contributed by atoms with E-state index in [9.17, 15) is 9.90 Å². The third-order valence-corrected chi connectivity index (χ3v) is 2.80. The van der Waals surface area contributed by atoms with E-state index in [-0.39, 0.29) is 22.8 Å². The molecule has 0 fully saturated rings. The first-order valence-electron chi connectivity index (χ1n) is 5.72. The van der Waals surface area contributed by atoms with Crippen LogP contribution in [0.15, 0.2) is 42.5 Å². The molecule has 0 aliphatic heterocycles. The highest BCUT2D eigenvalue weighted by molar-refractivity contribution is 6.11. The fourth-order valence-corrected chi connectivity index (χ4v) is 1.79. The van der Waals surface area contributed by atoms with Crippen molar-refractivity contribution in [3.63, 3.8) is 0 Å². The molecule has 0 amide bonds. The Morgan fingerprint density at radius 2 is 1.79 bits per heavy atom. The summed E-state index contributed by atoms with van der Waals surface area (Å²) in [5.74, 6) is 0.426. The summed E-state index contributed by atoms with van der Waals surface area (Å²) < 4.78 is 10.1. The van der Waals surface area contributed by atoms with E-state index in [2.05, 4.69) is 0 Å². The number of carbonyl (C=O) groups is 1. The number of aromatic hydroxyl groups is 1. The number of para-hydroxylation sites is 1. The number of hydrogen-bond donors (Lipinski definition) is 1. The molecule has 1 N–H and O–H groups in total. The Morgan fingerprint density at radius 1 is 1.05 bits per heavy atom. The molecule has 0 radical (unpaired) electrons. The van der Waals surface area contributed by atoms with Crippen molar-refractivity contribution < 1.29 is 19.4 Å². The number of hydrogen-bond acceptors (Lipinski definition) is 4. The van der Waals surface area contributed by atoms with Crippen molar-refractivity contribution in [3.8, 4) is 17.2 Å². The Labute approximate surface area is 111 Å². The third kappa shape index (κ3) is 2.52. The fourth-order valence-electron chi connectivity index (χ4n) is 1.79. The molecule has 0 spiro atoms. The van der Waals surface area contributed by atoms with Crippen LogP contribution in [0.4, 0.5) is 0 Å². The second-order valence-corrected chi connectivity index (χ2v) is 3.92. The van der Waals surface area contributed by atoms with E-state index in [4.69, 9.17) is 9.47 Å². The number of benzene rings is 2. The van der Waals surface area contributed by atoms with Crippen molar-refractivity contribution in [1.29, 1.82) is 0 Å². The van der Waals surface area contributed by atoms with Gasteiger partial charge in [0, 0.05) is 5.56 Å². The molecule has 0 atom stereocenters. The molecule has 0 unspecified atom stereocenters. The maximum Gasteiger partial charge on any atom is 0.197 e. The van der Waals surface area contributed by atoms with Crippen LogP contribution in [0.5, 0.6) is 17.2 Å². The molecule has 0 saturated heterocycles. The molecule has 2 rings (SSSR count). The van der Waals surface area contributed by atoms with E-state index in [0.717, 1.165) is 0 Å². The van der Waals surface area contributed by atoms with Crippen LogP contribution in [0.1, 0.15) is 15.9 Å². The summed E-state index contributed by atoms with van der Waals surface area (Å²) in [6, 6.07) is 11.6. The molecule has 2 aromatic carbocycles. The van der Waals surface area contributed by atoms with Crippen LogP contribution in [0.25, 0.3) is 0 Å². The monoisotopic (exact) mass is 258 g/mol. The number of rotatable bonds is 4. The summed E-state index contributed by atoms with van der Waals surface area (Å²) in [6.45, 7) is 0. The highest BCUT2D eigenvalue weighted by Crippen LogP contribution is 2.31. The fraction of sp³-hybridized carbons (Fsp3) is 0.133. The van der Waals surface area contributed by atoms with Gasteiger partial charge in [0.25, 0.3) is 0 Å². The number of phenolic OH excluding ortho intramolecular Hbond substituents is 1. The van der Waals surface area contributed by atoms with E-state index in [0.29, 0.717) is 11.3 Å². The molecule has 19 heavy (non-hydrogen) atoms. The highest BCUT2D eigenvalue weighted by Gasteiger charge is 2.16. The maximum absolute atomic E-state index is 12.3. The zero-order valence-electron chi connectivity index (χ0n) is 10.7. The first-order valence-corrected chi connectivity index (χ1v) is 5.72. The zero-order chi connectivity index (χ0) is 13.8. The second kappa shape index (κ2) is 5.44. The van der Waals surface area contributed by atoms with Gasteiger partial charge < -0.3 is 14.6 Å². The zero-order valence-corrected chi connectivity index (χ0v) is 10.7. The average molecular weight is 258 g/mol. The van der Waals surface area contributed by atoms with E-state index < -0.39 is 0 Å². The van der Waals surface area contributed by atoms with E-state index in [1.165, 1.54) is 14.2 Å². The lowest BCUT2D eigenvalue weighted by Crippen LogP contribution is -2.02. The van der Waals surface area contributed by atoms with E-state index >= 15 is 0 Å². The predicted octanol–water partition coefficient (Wildman–Crippen LogP) is 2.64. The van der Waals surface area contributed by atoms with Crippen molar-refractivity contribution in [2.45, 2.75) is 0 Å². The summed E-state index contributed by atoms with van der Waals surface area (Å²) in [5, 5.41) is 9.97. The molecule has 4 nitrogen and oxygen atoms in total. The van der Waals surface area contributed by atoms with Gasteiger partial charge in [0.2, 0.25) is 0 Å². The molecule has 0 heterocycles. The lowest BCUT2D eigenvalue weighted by molar-refractivity contribution is 0.103. The first-order chi connectivity index (χ1) is 9.17. The largest absolute Gasteiger partial charge is 0.504 e. The Kier molecular flexibility index (Phi) is 3.71. The molecule has 2 aromatic rings. The number of methoxy groups -OCH3 is 2. The van der Waals surface area contributed by atoms with Crippen LogP contribution in [0, 0.1) is 0 Å². The van der Waals surface area contributed by atoms with Gasteiger partial charge in [-0.15, -0.1) is 0 Å². The number of ketones is 1. The van der Waals surface area contributed by atoms with E-state index in [1.807, 2.05) is 0 Å². The van der Waals surface area contributed by atoms with Gasteiger partial charge in [0.15, 0.2) is 17.3 Å². The van der Waals surface area contributed by atoms with Crippen LogP contribution in [-0.2, 0) is 0 Å². The minimum Gasteiger partial charge on any atom is -0.504 e. The quantitative estimate of drug-likeness (QED) is 0.856. The van der Waals surface area contributed by atoms with Crippen molar-refractivity contribution in [1.82, 2.24) is 0 Å². The standard InChI is InChI=1S/C15H14O4/c1-18-11-6-3-5-10(9-11)14(16)12-7-4-8-13(19-2)15(12)17/h3-9,17H,1-2H3. The maximum atomic E-state index is 12.3. The molecule has 0 saturated carbocycles. The number of carbonyl (C=O) groups excluding carboxylic acids is 1. The normalized spacial score (nSPS) is 10.0. The SMILES string of the molecule is COc1cccc(C(=O)c2cccc(OC)c2O)c1.